The predicted molar refractivity (Wildman–Crippen MR) is 122 cm³/mol. The summed E-state index contributed by atoms with van der Waals surface area (Å²) in [5.41, 5.74) is 15.9. The summed E-state index contributed by atoms with van der Waals surface area (Å²) >= 11 is 0. The molecule has 6 heteroatoms. The first-order valence-corrected chi connectivity index (χ1v) is 9.59. The van der Waals surface area contributed by atoms with Gasteiger partial charge in [-0.1, -0.05) is 36.4 Å². The van der Waals surface area contributed by atoms with Gasteiger partial charge < -0.3 is 21.7 Å². The maximum absolute atomic E-state index is 12.9. The summed E-state index contributed by atoms with van der Waals surface area (Å²) in [5, 5.41) is 12.7. The van der Waals surface area contributed by atoms with Crippen LogP contribution in [-0.4, -0.2) is 30.2 Å². The normalized spacial score (nSPS) is 13.2. The van der Waals surface area contributed by atoms with Crippen LogP contribution < -0.4 is 16.8 Å². The largest absolute Gasteiger partial charge is 0.398 e. The van der Waals surface area contributed by atoms with Crippen LogP contribution in [0.25, 0.3) is 21.9 Å². The van der Waals surface area contributed by atoms with Gasteiger partial charge in [0.15, 0.2) is 0 Å². The van der Waals surface area contributed by atoms with E-state index in [4.69, 9.17) is 16.9 Å². The Labute approximate surface area is 175 Å². The molecule has 0 unspecified atom stereocenters. The highest BCUT2D eigenvalue weighted by Gasteiger charge is 2.15. The lowest BCUT2D eigenvalue weighted by atomic mass is 9.94. The van der Waals surface area contributed by atoms with E-state index in [2.05, 4.69) is 5.32 Å². The summed E-state index contributed by atoms with van der Waals surface area (Å²) < 4.78 is 0. The minimum absolute atomic E-state index is 0.0731. The lowest BCUT2D eigenvalue weighted by molar-refractivity contribution is 0.0965. The SMILES string of the molecule is CN1C=CC=C(NC(=O)c2cccc3cc(-c4cccc(N)c4C(=N)N)ccc23)C1. The minimum atomic E-state index is -0.142. The summed E-state index contributed by atoms with van der Waals surface area (Å²) in [6.45, 7) is 0.653. The molecule has 150 valence electrons. The van der Waals surface area contributed by atoms with E-state index in [1.54, 1.807) is 6.07 Å². The third kappa shape index (κ3) is 3.63. The maximum Gasteiger partial charge on any atom is 0.256 e. The molecular formula is C24H23N5O. The van der Waals surface area contributed by atoms with Crippen molar-refractivity contribution in [2.45, 2.75) is 0 Å². The molecule has 1 amide bonds. The number of nitrogen functional groups attached to an aromatic ring is 2. The fourth-order valence-electron chi connectivity index (χ4n) is 3.74. The molecule has 6 N–H and O–H groups in total. The van der Waals surface area contributed by atoms with Gasteiger partial charge in [0.05, 0.1) is 6.54 Å². The summed E-state index contributed by atoms with van der Waals surface area (Å²) in [6, 6.07) is 17.0. The second-order valence-electron chi connectivity index (χ2n) is 7.33. The quantitative estimate of drug-likeness (QED) is 0.307. The highest BCUT2D eigenvalue weighted by atomic mass is 16.1. The summed E-state index contributed by atoms with van der Waals surface area (Å²) in [5.74, 6) is -0.215. The number of carbonyl (C=O) groups excluding carboxylic acids is 1. The van der Waals surface area contributed by atoms with Crippen LogP contribution in [0, 0.1) is 5.41 Å². The highest BCUT2D eigenvalue weighted by molar-refractivity contribution is 6.10. The van der Waals surface area contributed by atoms with Gasteiger partial charge in [-0.3, -0.25) is 10.2 Å². The minimum Gasteiger partial charge on any atom is -0.398 e. The number of anilines is 1. The van der Waals surface area contributed by atoms with E-state index in [0.717, 1.165) is 27.6 Å². The van der Waals surface area contributed by atoms with Crippen LogP contribution >= 0.6 is 0 Å². The average Bonchev–Trinajstić information content (AvgIpc) is 2.72. The zero-order valence-corrected chi connectivity index (χ0v) is 16.6. The van der Waals surface area contributed by atoms with Gasteiger partial charge in [0.2, 0.25) is 0 Å². The van der Waals surface area contributed by atoms with Crippen molar-refractivity contribution in [3.63, 3.8) is 0 Å². The van der Waals surface area contributed by atoms with E-state index in [-0.39, 0.29) is 11.7 Å². The summed E-state index contributed by atoms with van der Waals surface area (Å²) in [6.07, 6.45) is 5.78. The van der Waals surface area contributed by atoms with Crippen LogP contribution in [0.15, 0.2) is 78.6 Å². The Balaban J connectivity index is 1.72. The fourth-order valence-corrected chi connectivity index (χ4v) is 3.74. The number of hydrogen-bond donors (Lipinski definition) is 4. The number of amides is 1. The molecule has 0 radical (unpaired) electrons. The van der Waals surface area contributed by atoms with Crippen molar-refractivity contribution in [1.29, 1.82) is 5.41 Å². The number of nitrogens with one attached hydrogen (secondary N) is 2. The van der Waals surface area contributed by atoms with Crippen LogP contribution in [0.5, 0.6) is 0 Å². The van der Waals surface area contributed by atoms with Gasteiger partial charge in [-0.25, -0.2) is 0 Å². The number of hydrogen-bond acceptors (Lipinski definition) is 4. The van der Waals surface area contributed by atoms with E-state index in [1.165, 1.54) is 0 Å². The molecule has 3 aromatic rings. The number of amidine groups is 1. The Morgan fingerprint density at radius 1 is 1.13 bits per heavy atom. The molecule has 0 bridgehead atoms. The van der Waals surface area contributed by atoms with E-state index < -0.39 is 0 Å². The van der Waals surface area contributed by atoms with Gasteiger partial charge in [-0.2, -0.15) is 0 Å². The lowest BCUT2D eigenvalue weighted by Crippen LogP contribution is -2.30. The zero-order chi connectivity index (χ0) is 21.3. The van der Waals surface area contributed by atoms with Gasteiger partial charge in [0, 0.05) is 29.6 Å². The first kappa shape index (κ1) is 19.3. The average molecular weight is 397 g/mol. The number of nitrogens with two attached hydrogens (primary N) is 2. The number of fused-ring (bicyclic) bond motifs is 1. The number of likely N-dealkylation sites (N-methyl/N-ethyl adjacent to an activating group) is 1. The lowest BCUT2D eigenvalue weighted by Gasteiger charge is -2.20. The van der Waals surface area contributed by atoms with E-state index in [9.17, 15) is 4.79 Å². The number of benzene rings is 3. The van der Waals surface area contributed by atoms with Crippen molar-refractivity contribution in [3.05, 3.63) is 89.8 Å². The number of rotatable bonds is 4. The van der Waals surface area contributed by atoms with Crippen molar-refractivity contribution >= 4 is 28.2 Å². The van der Waals surface area contributed by atoms with Crippen molar-refractivity contribution in [1.82, 2.24) is 10.2 Å². The van der Waals surface area contributed by atoms with Crippen molar-refractivity contribution < 1.29 is 4.79 Å². The van der Waals surface area contributed by atoms with Gasteiger partial charge in [0.1, 0.15) is 5.84 Å². The summed E-state index contributed by atoms with van der Waals surface area (Å²) in [4.78, 5) is 14.9. The van der Waals surface area contributed by atoms with E-state index in [0.29, 0.717) is 23.4 Å². The molecule has 3 aromatic carbocycles. The molecule has 1 heterocycles. The van der Waals surface area contributed by atoms with Crippen molar-refractivity contribution in [3.8, 4) is 11.1 Å². The monoisotopic (exact) mass is 397 g/mol. The molecule has 1 aliphatic heterocycles. The van der Waals surface area contributed by atoms with Gasteiger partial charge >= 0.3 is 0 Å². The molecule has 0 aromatic heterocycles. The second-order valence-corrected chi connectivity index (χ2v) is 7.33. The molecule has 0 saturated carbocycles. The van der Waals surface area contributed by atoms with Crippen molar-refractivity contribution in [2.24, 2.45) is 5.73 Å². The van der Waals surface area contributed by atoms with Crippen molar-refractivity contribution in [2.75, 3.05) is 19.3 Å². The first-order valence-electron chi connectivity index (χ1n) is 9.59. The number of nitrogens with zero attached hydrogens (tertiary/aromatic N) is 1. The Hall–Kier alpha value is -4.06. The van der Waals surface area contributed by atoms with Crippen LogP contribution in [0.4, 0.5) is 5.69 Å². The molecule has 0 atom stereocenters. The van der Waals surface area contributed by atoms with E-state index in [1.807, 2.05) is 78.8 Å². The molecular weight excluding hydrogens is 374 g/mol. The molecule has 0 spiro atoms. The van der Waals surface area contributed by atoms with Crippen LogP contribution in [-0.2, 0) is 0 Å². The Morgan fingerprint density at radius 3 is 2.70 bits per heavy atom. The van der Waals surface area contributed by atoms with Crippen LogP contribution in [0.3, 0.4) is 0 Å². The molecule has 4 rings (SSSR count). The third-order valence-electron chi connectivity index (χ3n) is 5.13. The smallest absolute Gasteiger partial charge is 0.256 e. The Kier molecular flexibility index (Phi) is 4.98. The molecule has 30 heavy (non-hydrogen) atoms. The van der Waals surface area contributed by atoms with Gasteiger partial charge in [-0.15, -0.1) is 0 Å². The summed E-state index contributed by atoms with van der Waals surface area (Å²) in [7, 11) is 1.96. The third-order valence-corrected chi connectivity index (χ3v) is 5.13. The predicted octanol–water partition coefficient (Wildman–Crippen LogP) is 3.45. The van der Waals surface area contributed by atoms with Crippen LogP contribution in [0.2, 0.25) is 0 Å². The number of carbonyl (C=O) groups is 1. The van der Waals surface area contributed by atoms with Crippen LogP contribution in [0.1, 0.15) is 15.9 Å². The van der Waals surface area contributed by atoms with E-state index >= 15 is 0 Å². The topological polar surface area (TPSA) is 108 Å². The number of allylic oxidation sites excluding steroid dienone is 2. The molecule has 0 fully saturated rings. The zero-order valence-electron chi connectivity index (χ0n) is 16.6. The molecule has 6 nitrogen and oxygen atoms in total. The molecule has 0 saturated heterocycles. The standard InChI is InChI=1S/C24H23N5O/c1-29-12-4-6-17(14-29)28-24(30)20-8-2-5-15-13-16(10-11-18(15)20)19-7-3-9-21(25)22(19)23(26)27/h2-13H,14,25H2,1H3,(H3,26,27)(H,28,30). The fraction of sp³-hybridized carbons (Fsp3) is 0.0833. The Morgan fingerprint density at radius 2 is 1.93 bits per heavy atom. The van der Waals surface area contributed by atoms with Gasteiger partial charge in [0.25, 0.3) is 5.91 Å². The highest BCUT2D eigenvalue weighted by Crippen LogP contribution is 2.31. The maximum atomic E-state index is 12.9. The van der Waals surface area contributed by atoms with Gasteiger partial charge in [-0.05, 0) is 58.5 Å². The molecule has 0 aliphatic carbocycles. The second kappa shape index (κ2) is 7.75. The Bertz CT molecular complexity index is 1230. The first-order chi connectivity index (χ1) is 14.4. The molecule has 1 aliphatic rings.